The third-order valence-corrected chi connectivity index (χ3v) is 5.63. The van der Waals surface area contributed by atoms with E-state index in [4.69, 9.17) is 11.6 Å². The van der Waals surface area contributed by atoms with E-state index in [2.05, 4.69) is 9.97 Å². The van der Waals surface area contributed by atoms with Crippen LogP contribution in [0.4, 0.5) is 0 Å². The molecule has 1 aromatic carbocycles. The number of H-pyrrole nitrogens is 1. The number of nitrogens with one attached hydrogen (secondary N) is 1. The molecular formula is C22H21ClN4O3. The van der Waals surface area contributed by atoms with Crippen molar-refractivity contribution in [1.29, 1.82) is 0 Å². The molecule has 0 spiro atoms. The Morgan fingerprint density at radius 3 is 2.60 bits per heavy atom. The second-order valence-electron chi connectivity index (χ2n) is 7.48. The molecule has 8 heteroatoms. The third kappa shape index (κ3) is 3.57. The summed E-state index contributed by atoms with van der Waals surface area (Å²) in [5.41, 5.74) is 2.73. The van der Waals surface area contributed by atoms with Crippen molar-refractivity contribution in [3.05, 3.63) is 64.4 Å². The number of carbonyl (C=O) groups excluding carboxylic acids is 3. The van der Waals surface area contributed by atoms with Crippen molar-refractivity contribution in [3.63, 3.8) is 0 Å². The number of hydrogen-bond donors (Lipinski definition) is 1. The van der Waals surface area contributed by atoms with E-state index >= 15 is 0 Å². The molecule has 0 radical (unpaired) electrons. The number of aromatic nitrogens is 2. The van der Waals surface area contributed by atoms with Gasteiger partial charge in [-0.05, 0) is 37.6 Å². The first-order chi connectivity index (χ1) is 14.4. The number of ketones is 1. The highest BCUT2D eigenvalue weighted by atomic mass is 35.5. The molecular weight excluding hydrogens is 404 g/mol. The van der Waals surface area contributed by atoms with Crippen LogP contribution in [0.25, 0.3) is 11.0 Å². The summed E-state index contributed by atoms with van der Waals surface area (Å²) < 4.78 is 0. The van der Waals surface area contributed by atoms with Crippen LogP contribution < -0.4 is 0 Å². The van der Waals surface area contributed by atoms with Crippen molar-refractivity contribution in [2.24, 2.45) is 0 Å². The molecule has 1 fully saturated rings. The molecule has 1 aliphatic rings. The van der Waals surface area contributed by atoms with Crippen LogP contribution in [0, 0.1) is 6.92 Å². The Morgan fingerprint density at radius 1 is 1.17 bits per heavy atom. The molecule has 1 atom stereocenters. The van der Waals surface area contributed by atoms with E-state index in [9.17, 15) is 14.4 Å². The number of carbonyl (C=O) groups is 3. The standard InChI is InChI=1S/C22H21ClN4O3/c1-13-10-17(23)25-19-16(11-24-18(13)19)20(28)22(30)27-9-8-26(12-14(27)2)21(29)15-6-4-3-5-7-15/h3-7,10-11,14,24H,8-9,12H2,1-2H3/t14-/m1/s1. The van der Waals surface area contributed by atoms with Crippen molar-refractivity contribution in [3.8, 4) is 0 Å². The number of rotatable bonds is 3. The number of nitrogens with zero attached hydrogens (tertiary/aromatic N) is 3. The topological polar surface area (TPSA) is 86.4 Å². The number of piperazine rings is 1. The summed E-state index contributed by atoms with van der Waals surface area (Å²) in [4.78, 5) is 49.1. The molecule has 0 unspecified atom stereocenters. The molecule has 1 N–H and O–H groups in total. The molecule has 30 heavy (non-hydrogen) atoms. The predicted octanol–water partition coefficient (Wildman–Crippen LogP) is 3.08. The lowest BCUT2D eigenvalue weighted by molar-refractivity contribution is -0.130. The average molecular weight is 425 g/mol. The Bertz CT molecular complexity index is 1140. The van der Waals surface area contributed by atoms with Crippen molar-refractivity contribution >= 4 is 40.2 Å². The number of aromatic amines is 1. The van der Waals surface area contributed by atoms with Gasteiger partial charge in [-0.1, -0.05) is 29.8 Å². The first-order valence-corrected chi connectivity index (χ1v) is 10.1. The number of pyridine rings is 1. The maximum atomic E-state index is 13.0. The van der Waals surface area contributed by atoms with Gasteiger partial charge in [0.1, 0.15) is 10.7 Å². The van der Waals surface area contributed by atoms with Crippen LogP contribution in [0.5, 0.6) is 0 Å². The number of amides is 2. The number of halogens is 1. The highest BCUT2D eigenvalue weighted by Gasteiger charge is 2.34. The monoisotopic (exact) mass is 424 g/mol. The Balaban J connectivity index is 1.51. The van der Waals surface area contributed by atoms with Gasteiger partial charge in [-0.15, -0.1) is 0 Å². The lowest BCUT2D eigenvalue weighted by Crippen LogP contribution is -2.56. The number of fused-ring (bicyclic) bond motifs is 1. The van der Waals surface area contributed by atoms with Crippen LogP contribution in [0.2, 0.25) is 5.15 Å². The Hall–Kier alpha value is -3.19. The van der Waals surface area contributed by atoms with E-state index < -0.39 is 11.7 Å². The van der Waals surface area contributed by atoms with Crippen LogP contribution in [0.1, 0.15) is 33.2 Å². The van der Waals surface area contributed by atoms with Crippen molar-refractivity contribution < 1.29 is 14.4 Å². The van der Waals surface area contributed by atoms with E-state index in [1.807, 2.05) is 32.0 Å². The lowest BCUT2D eigenvalue weighted by Gasteiger charge is -2.39. The minimum atomic E-state index is -0.634. The molecule has 2 amide bonds. The maximum absolute atomic E-state index is 13.0. The van der Waals surface area contributed by atoms with Crippen LogP contribution in [-0.2, 0) is 4.79 Å². The van der Waals surface area contributed by atoms with Gasteiger partial charge >= 0.3 is 0 Å². The van der Waals surface area contributed by atoms with Gasteiger partial charge in [0.05, 0.1) is 11.1 Å². The van der Waals surface area contributed by atoms with Gasteiger partial charge in [-0.2, -0.15) is 0 Å². The van der Waals surface area contributed by atoms with E-state index in [-0.39, 0.29) is 22.7 Å². The molecule has 1 aliphatic heterocycles. The summed E-state index contributed by atoms with van der Waals surface area (Å²) in [6, 6.07) is 10.4. The molecule has 7 nitrogen and oxygen atoms in total. The summed E-state index contributed by atoms with van der Waals surface area (Å²) in [7, 11) is 0. The second kappa shape index (κ2) is 7.91. The SMILES string of the molecule is Cc1cc(Cl)nc2c(C(=O)C(=O)N3CCN(C(=O)c4ccccc4)C[C@H]3C)c[nH]c12. The molecule has 4 rings (SSSR count). The number of Topliss-reactive ketones (excluding diaryl/α,β-unsaturated/α-hetero) is 1. The fraction of sp³-hybridized carbons (Fsp3) is 0.273. The predicted molar refractivity (Wildman–Crippen MR) is 114 cm³/mol. The van der Waals surface area contributed by atoms with Gasteiger partial charge < -0.3 is 14.8 Å². The largest absolute Gasteiger partial charge is 0.359 e. The van der Waals surface area contributed by atoms with Gasteiger partial charge in [0.2, 0.25) is 0 Å². The first-order valence-electron chi connectivity index (χ1n) is 9.70. The fourth-order valence-electron chi connectivity index (χ4n) is 3.85. The van der Waals surface area contributed by atoms with Gasteiger partial charge in [-0.25, -0.2) is 4.98 Å². The van der Waals surface area contributed by atoms with Gasteiger partial charge in [0.25, 0.3) is 17.6 Å². The van der Waals surface area contributed by atoms with E-state index in [0.29, 0.717) is 36.2 Å². The minimum Gasteiger partial charge on any atom is -0.359 e. The zero-order chi connectivity index (χ0) is 21.4. The molecule has 0 bridgehead atoms. The highest BCUT2D eigenvalue weighted by molar-refractivity contribution is 6.44. The zero-order valence-corrected chi connectivity index (χ0v) is 17.4. The lowest BCUT2D eigenvalue weighted by atomic mass is 10.1. The van der Waals surface area contributed by atoms with E-state index in [1.54, 1.807) is 23.1 Å². The molecule has 3 heterocycles. The van der Waals surface area contributed by atoms with Gasteiger partial charge in [0.15, 0.2) is 0 Å². The molecule has 3 aromatic rings. The van der Waals surface area contributed by atoms with Crippen molar-refractivity contribution in [2.45, 2.75) is 19.9 Å². The van der Waals surface area contributed by atoms with Crippen LogP contribution in [-0.4, -0.2) is 63.0 Å². The van der Waals surface area contributed by atoms with Crippen molar-refractivity contribution in [2.75, 3.05) is 19.6 Å². The van der Waals surface area contributed by atoms with Crippen molar-refractivity contribution in [1.82, 2.24) is 19.8 Å². The maximum Gasteiger partial charge on any atom is 0.295 e. The fourth-order valence-corrected chi connectivity index (χ4v) is 4.10. The third-order valence-electron chi connectivity index (χ3n) is 5.44. The smallest absolute Gasteiger partial charge is 0.295 e. The number of aryl methyl sites for hydroxylation is 1. The second-order valence-corrected chi connectivity index (χ2v) is 7.87. The van der Waals surface area contributed by atoms with Crippen LogP contribution >= 0.6 is 11.6 Å². The average Bonchev–Trinajstić information content (AvgIpc) is 3.17. The summed E-state index contributed by atoms with van der Waals surface area (Å²) in [5, 5.41) is 0.266. The summed E-state index contributed by atoms with van der Waals surface area (Å²) >= 11 is 6.04. The zero-order valence-electron chi connectivity index (χ0n) is 16.7. The van der Waals surface area contributed by atoms with Gasteiger partial charge in [-0.3, -0.25) is 14.4 Å². The molecule has 2 aromatic heterocycles. The normalized spacial score (nSPS) is 16.7. The molecule has 154 valence electrons. The number of hydrogen-bond acceptors (Lipinski definition) is 4. The number of benzene rings is 1. The quantitative estimate of drug-likeness (QED) is 0.397. The summed E-state index contributed by atoms with van der Waals surface area (Å²) in [6.07, 6.45) is 1.50. The molecule has 1 saturated heterocycles. The first kappa shape index (κ1) is 20.1. The minimum absolute atomic E-state index is 0.0770. The van der Waals surface area contributed by atoms with Crippen LogP contribution in [0.15, 0.2) is 42.6 Å². The van der Waals surface area contributed by atoms with Crippen LogP contribution in [0.3, 0.4) is 0 Å². The summed E-state index contributed by atoms with van der Waals surface area (Å²) in [6.45, 7) is 4.72. The molecule has 0 aliphatic carbocycles. The summed E-state index contributed by atoms with van der Waals surface area (Å²) in [5.74, 6) is -1.31. The molecule has 0 saturated carbocycles. The Labute approximate surface area is 178 Å². The Kier molecular flexibility index (Phi) is 5.30. The van der Waals surface area contributed by atoms with E-state index in [1.165, 1.54) is 11.1 Å². The van der Waals surface area contributed by atoms with E-state index in [0.717, 1.165) is 5.56 Å². The van der Waals surface area contributed by atoms with Gasteiger partial charge in [0, 0.05) is 37.4 Å². The highest BCUT2D eigenvalue weighted by Crippen LogP contribution is 2.24. The Morgan fingerprint density at radius 2 is 1.90 bits per heavy atom.